The minimum atomic E-state index is -0.163. The molecule has 1 aromatic carbocycles. The molecule has 0 fully saturated rings. The lowest BCUT2D eigenvalue weighted by Gasteiger charge is -2.21. The number of pyridine rings is 1. The zero-order valence-electron chi connectivity index (χ0n) is 14.9. The lowest BCUT2D eigenvalue weighted by molar-refractivity contribution is -0.129. The van der Waals surface area contributed by atoms with Crippen LogP contribution in [-0.2, 0) is 16.1 Å². The average molecular weight is 340 g/mol. The lowest BCUT2D eigenvalue weighted by Crippen LogP contribution is -2.31. The van der Waals surface area contributed by atoms with E-state index in [0.717, 1.165) is 11.3 Å². The first-order valence-corrected chi connectivity index (χ1v) is 8.18. The highest BCUT2D eigenvalue weighted by atomic mass is 16.2. The number of hydrogen-bond donors (Lipinski definition) is 1. The summed E-state index contributed by atoms with van der Waals surface area (Å²) in [4.78, 5) is 31.7. The minimum absolute atomic E-state index is 0.0508. The molecule has 1 aromatic heterocycles. The van der Waals surface area contributed by atoms with Crippen molar-refractivity contribution in [2.75, 3.05) is 30.9 Å². The highest BCUT2D eigenvalue weighted by molar-refractivity contribution is 5.90. The molecular weight excluding hydrogens is 316 g/mol. The van der Waals surface area contributed by atoms with Crippen LogP contribution >= 0.6 is 0 Å². The Kier molecular flexibility index (Phi) is 6.51. The third-order valence-electron chi connectivity index (χ3n) is 3.80. The molecule has 0 bridgehead atoms. The second kappa shape index (κ2) is 8.82. The fraction of sp³-hybridized carbons (Fsp3) is 0.316. The summed E-state index contributed by atoms with van der Waals surface area (Å²) >= 11 is 0. The van der Waals surface area contributed by atoms with Crippen molar-refractivity contribution >= 4 is 23.3 Å². The monoisotopic (exact) mass is 340 g/mol. The van der Waals surface area contributed by atoms with E-state index >= 15 is 0 Å². The van der Waals surface area contributed by atoms with Gasteiger partial charge in [-0.25, -0.2) is 4.98 Å². The standard InChI is InChI=1S/C19H24N4O2/c1-15(24)23(14-16-7-5-4-6-8-16)12-11-19(25)21-18-10-9-17(13-20-18)22(2)3/h4-10,13H,11-12,14H2,1-3H3,(H,20,21,25). The van der Waals surface area contributed by atoms with E-state index in [2.05, 4.69) is 10.3 Å². The maximum Gasteiger partial charge on any atom is 0.227 e. The zero-order chi connectivity index (χ0) is 18.2. The van der Waals surface area contributed by atoms with Gasteiger partial charge in [-0.2, -0.15) is 0 Å². The van der Waals surface area contributed by atoms with E-state index in [9.17, 15) is 9.59 Å². The summed E-state index contributed by atoms with van der Waals surface area (Å²) in [7, 11) is 3.86. The molecule has 2 rings (SSSR count). The molecule has 0 aliphatic heterocycles. The van der Waals surface area contributed by atoms with E-state index in [1.54, 1.807) is 17.2 Å². The predicted octanol–water partition coefficient (Wildman–Crippen LogP) is 2.52. The first-order chi connectivity index (χ1) is 12.0. The number of benzene rings is 1. The molecule has 0 spiro atoms. The molecule has 2 aromatic rings. The maximum atomic E-state index is 12.1. The molecule has 0 aliphatic carbocycles. The molecule has 1 heterocycles. The summed E-state index contributed by atoms with van der Waals surface area (Å²) in [5.41, 5.74) is 2.00. The van der Waals surface area contributed by atoms with Crippen molar-refractivity contribution in [2.24, 2.45) is 0 Å². The molecule has 1 N–H and O–H groups in total. The van der Waals surface area contributed by atoms with E-state index in [0.29, 0.717) is 18.9 Å². The van der Waals surface area contributed by atoms with Crippen LogP contribution in [0.15, 0.2) is 48.7 Å². The van der Waals surface area contributed by atoms with Crippen LogP contribution in [0, 0.1) is 0 Å². The Labute approximate surface area is 148 Å². The Balaban J connectivity index is 1.87. The molecule has 0 saturated heterocycles. The van der Waals surface area contributed by atoms with Crippen LogP contribution in [-0.4, -0.2) is 42.3 Å². The van der Waals surface area contributed by atoms with E-state index < -0.39 is 0 Å². The molecule has 132 valence electrons. The number of aromatic nitrogens is 1. The van der Waals surface area contributed by atoms with Gasteiger partial charge in [0.15, 0.2) is 0 Å². The SMILES string of the molecule is CC(=O)N(CCC(=O)Nc1ccc(N(C)C)cn1)Cc1ccccc1. The summed E-state index contributed by atoms with van der Waals surface area (Å²) in [6, 6.07) is 13.4. The normalized spacial score (nSPS) is 10.2. The van der Waals surface area contributed by atoms with Crippen LogP contribution in [0.2, 0.25) is 0 Å². The van der Waals surface area contributed by atoms with E-state index in [-0.39, 0.29) is 18.2 Å². The number of anilines is 2. The largest absolute Gasteiger partial charge is 0.376 e. The quantitative estimate of drug-likeness (QED) is 0.841. The van der Waals surface area contributed by atoms with Crippen molar-refractivity contribution in [1.29, 1.82) is 0 Å². The summed E-state index contributed by atoms with van der Waals surface area (Å²) in [6.45, 7) is 2.38. The van der Waals surface area contributed by atoms with Gasteiger partial charge >= 0.3 is 0 Å². The molecule has 6 heteroatoms. The van der Waals surface area contributed by atoms with Crippen LogP contribution in [0.25, 0.3) is 0 Å². The Morgan fingerprint density at radius 1 is 1.08 bits per heavy atom. The molecule has 0 atom stereocenters. The van der Waals surface area contributed by atoms with E-state index in [1.807, 2.05) is 55.4 Å². The van der Waals surface area contributed by atoms with Crippen molar-refractivity contribution in [3.63, 3.8) is 0 Å². The highest BCUT2D eigenvalue weighted by Crippen LogP contribution is 2.12. The van der Waals surface area contributed by atoms with Crippen molar-refractivity contribution in [3.05, 3.63) is 54.2 Å². The van der Waals surface area contributed by atoms with Gasteiger partial charge in [0.1, 0.15) is 5.82 Å². The minimum Gasteiger partial charge on any atom is -0.376 e. The van der Waals surface area contributed by atoms with Crippen LogP contribution in [0.4, 0.5) is 11.5 Å². The van der Waals surface area contributed by atoms with Crippen LogP contribution in [0.5, 0.6) is 0 Å². The van der Waals surface area contributed by atoms with Gasteiger partial charge in [0.05, 0.1) is 11.9 Å². The Morgan fingerprint density at radius 2 is 1.80 bits per heavy atom. The number of carbonyl (C=O) groups is 2. The predicted molar refractivity (Wildman–Crippen MR) is 99.3 cm³/mol. The number of rotatable bonds is 7. The molecule has 0 radical (unpaired) electrons. The van der Waals surface area contributed by atoms with Crippen LogP contribution < -0.4 is 10.2 Å². The molecule has 2 amide bonds. The van der Waals surface area contributed by atoms with Gasteiger partial charge in [0.25, 0.3) is 0 Å². The summed E-state index contributed by atoms with van der Waals surface area (Å²) in [5, 5.41) is 2.76. The van der Waals surface area contributed by atoms with Gasteiger partial charge in [0.2, 0.25) is 11.8 Å². The molecule has 6 nitrogen and oxygen atoms in total. The third-order valence-corrected chi connectivity index (χ3v) is 3.80. The molecule has 0 saturated carbocycles. The Morgan fingerprint density at radius 3 is 2.36 bits per heavy atom. The van der Waals surface area contributed by atoms with Gasteiger partial charge < -0.3 is 15.1 Å². The number of hydrogen-bond acceptors (Lipinski definition) is 4. The fourth-order valence-corrected chi connectivity index (χ4v) is 2.32. The molecular formula is C19H24N4O2. The molecule has 0 unspecified atom stereocenters. The van der Waals surface area contributed by atoms with Gasteiger partial charge in [-0.3, -0.25) is 9.59 Å². The number of carbonyl (C=O) groups excluding carboxylic acids is 2. The maximum absolute atomic E-state index is 12.1. The Bertz CT molecular complexity index is 699. The number of nitrogens with zero attached hydrogens (tertiary/aromatic N) is 3. The average Bonchev–Trinajstić information content (AvgIpc) is 2.59. The highest BCUT2D eigenvalue weighted by Gasteiger charge is 2.12. The number of nitrogens with one attached hydrogen (secondary N) is 1. The topological polar surface area (TPSA) is 65.5 Å². The van der Waals surface area contributed by atoms with Crippen LogP contribution in [0.3, 0.4) is 0 Å². The fourth-order valence-electron chi connectivity index (χ4n) is 2.32. The van der Waals surface area contributed by atoms with Gasteiger partial charge in [-0.05, 0) is 17.7 Å². The van der Waals surface area contributed by atoms with Gasteiger partial charge in [-0.1, -0.05) is 30.3 Å². The summed E-state index contributed by atoms with van der Waals surface area (Å²) in [5.74, 6) is 0.294. The van der Waals surface area contributed by atoms with Crippen molar-refractivity contribution < 1.29 is 9.59 Å². The second-order valence-corrected chi connectivity index (χ2v) is 6.02. The molecule has 0 aliphatic rings. The van der Waals surface area contributed by atoms with Gasteiger partial charge in [0, 0.05) is 40.5 Å². The van der Waals surface area contributed by atoms with Crippen molar-refractivity contribution in [3.8, 4) is 0 Å². The van der Waals surface area contributed by atoms with Crippen LogP contribution in [0.1, 0.15) is 18.9 Å². The smallest absolute Gasteiger partial charge is 0.227 e. The molecule has 25 heavy (non-hydrogen) atoms. The van der Waals surface area contributed by atoms with Gasteiger partial charge in [-0.15, -0.1) is 0 Å². The third kappa shape index (κ3) is 5.91. The van der Waals surface area contributed by atoms with E-state index in [4.69, 9.17) is 0 Å². The first kappa shape index (κ1) is 18.4. The second-order valence-electron chi connectivity index (χ2n) is 6.02. The van der Waals surface area contributed by atoms with Crippen molar-refractivity contribution in [1.82, 2.24) is 9.88 Å². The Hall–Kier alpha value is -2.89. The van der Waals surface area contributed by atoms with E-state index in [1.165, 1.54) is 6.92 Å². The van der Waals surface area contributed by atoms with Crippen molar-refractivity contribution in [2.45, 2.75) is 19.9 Å². The number of amides is 2. The lowest BCUT2D eigenvalue weighted by atomic mass is 10.2. The summed E-state index contributed by atoms with van der Waals surface area (Å²) < 4.78 is 0. The summed E-state index contributed by atoms with van der Waals surface area (Å²) in [6.07, 6.45) is 1.93. The zero-order valence-corrected chi connectivity index (χ0v) is 14.9. The first-order valence-electron chi connectivity index (χ1n) is 8.18.